The van der Waals surface area contributed by atoms with Gasteiger partial charge in [0, 0.05) is 19.1 Å². The zero-order valence-electron chi connectivity index (χ0n) is 12.0. The van der Waals surface area contributed by atoms with Crippen molar-refractivity contribution in [2.45, 2.75) is 25.9 Å². The summed E-state index contributed by atoms with van der Waals surface area (Å²) < 4.78 is 12.7. The molecule has 21 heavy (non-hydrogen) atoms. The Labute approximate surface area is 128 Å². The van der Waals surface area contributed by atoms with Crippen molar-refractivity contribution < 1.29 is 9.47 Å². The quantitative estimate of drug-likeness (QED) is 0.852. The molecule has 0 aliphatic carbocycles. The minimum absolute atomic E-state index is 0.254. The van der Waals surface area contributed by atoms with Crippen LogP contribution < -0.4 is 0 Å². The maximum Gasteiger partial charge on any atom is 0.177 e. The first kappa shape index (κ1) is 14.5. The van der Waals surface area contributed by atoms with Gasteiger partial charge in [-0.3, -0.25) is 0 Å². The highest BCUT2D eigenvalue weighted by Crippen LogP contribution is 2.28. The van der Waals surface area contributed by atoms with Crippen LogP contribution in [0, 0.1) is 0 Å². The summed E-state index contributed by atoms with van der Waals surface area (Å²) >= 11 is 6.30. The minimum atomic E-state index is 0.254. The highest BCUT2D eigenvalue weighted by Gasteiger charge is 2.25. The van der Waals surface area contributed by atoms with Crippen LogP contribution in [0.15, 0.2) is 24.3 Å². The van der Waals surface area contributed by atoms with Crippen LogP contribution in [-0.4, -0.2) is 34.6 Å². The minimum Gasteiger partial charge on any atom is -0.381 e. The second-order valence-corrected chi connectivity index (χ2v) is 5.35. The van der Waals surface area contributed by atoms with Gasteiger partial charge in [0.05, 0.1) is 17.3 Å². The molecular formula is C15H18ClN3O2. The first-order valence-corrected chi connectivity index (χ1v) is 7.53. The highest BCUT2D eigenvalue weighted by molar-refractivity contribution is 6.32. The molecule has 2 heterocycles. The van der Waals surface area contributed by atoms with Gasteiger partial charge in [0.25, 0.3) is 0 Å². The van der Waals surface area contributed by atoms with Crippen LogP contribution in [0.4, 0.5) is 0 Å². The normalized spacial score (nSPS) is 18.3. The van der Waals surface area contributed by atoms with Crippen molar-refractivity contribution in [3.05, 3.63) is 40.9 Å². The molecule has 1 saturated heterocycles. The monoisotopic (exact) mass is 307 g/mol. The molecule has 1 aromatic heterocycles. The molecule has 0 saturated carbocycles. The Morgan fingerprint density at radius 2 is 2.29 bits per heavy atom. The van der Waals surface area contributed by atoms with Crippen molar-refractivity contribution in [2.75, 3.05) is 19.8 Å². The standard InChI is InChI=1S/C15H18ClN3O2/c1-2-20-10-14-17-15(11-7-8-21-9-11)19(18-14)13-6-4-3-5-12(13)16/h3-6,11H,2,7-10H2,1H3/t11-/m0/s1. The molecule has 6 heteroatoms. The SMILES string of the molecule is CCOCc1nc([C@H]2CCOC2)n(-c2ccccc2Cl)n1. The van der Waals surface area contributed by atoms with Gasteiger partial charge in [0.15, 0.2) is 5.82 Å². The van der Waals surface area contributed by atoms with E-state index in [1.807, 2.05) is 35.9 Å². The molecule has 0 N–H and O–H groups in total. The largest absolute Gasteiger partial charge is 0.381 e. The van der Waals surface area contributed by atoms with Crippen molar-refractivity contribution in [1.82, 2.24) is 14.8 Å². The number of ether oxygens (including phenoxy) is 2. The molecule has 3 rings (SSSR count). The van der Waals surface area contributed by atoms with Crippen molar-refractivity contribution in [3.63, 3.8) is 0 Å². The lowest BCUT2D eigenvalue weighted by molar-refractivity contribution is 0.128. The van der Waals surface area contributed by atoms with E-state index in [0.29, 0.717) is 30.7 Å². The lowest BCUT2D eigenvalue weighted by Gasteiger charge is -2.10. The first-order chi connectivity index (χ1) is 10.3. The average molecular weight is 308 g/mol. The van der Waals surface area contributed by atoms with E-state index < -0.39 is 0 Å². The predicted molar refractivity (Wildman–Crippen MR) is 79.9 cm³/mol. The molecule has 2 aromatic rings. The second kappa shape index (κ2) is 6.56. The average Bonchev–Trinajstić information content (AvgIpc) is 3.14. The number of benzene rings is 1. The van der Waals surface area contributed by atoms with Crippen LogP contribution in [0.25, 0.3) is 5.69 Å². The van der Waals surface area contributed by atoms with Gasteiger partial charge in [-0.05, 0) is 25.5 Å². The summed E-state index contributed by atoms with van der Waals surface area (Å²) in [5.41, 5.74) is 0.844. The number of nitrogens with zero attached hydrogens (tertiary/aromatic N) is 3. The Kier molecular flexibility index (Phi) is 4.53. The molecule has 0 unspecified atom stereocenters. The third-order valence-corrected chi connectivity index (χ3v) is 3.81. The lowest BCUT2D eigenvalue weighted by Crippen LogP contribution is -2.09. The summed E-state index contributed by atoms with van der Waals surface area (Å²) in [6.45, 7) is 4.45. The van der Waals surface area contributed by atoms with E-state index in [0.717, 1.165) is 24.5 Å². The molecule has 5 nitrogen and oxygen atoms in total. The number of halogens is 1. The van der Waals surface area contributed by atoms with Crippen LogP contribution in [0.3, 0.4) is 0 Å². The van der Waals surface area contributed by atoms with Crippen molar-refractivity contribution in [1.29, 1.82) is 0 Å². The Bertz CT molecular complexity index is 609. The third kappa shape index (κ3) is 3.10. The number of para-hydroxylation sites is 1. The predicted octanol–water partition coefficient (Wildman–Crippen LogP) is 2.96. The molecular weight excluding hydrogens is 290 g/mol. The van der Waals surface area contributed by atoms with Crippen LogP contribution in [0.5, 0.6) is 0 Å². The van der Waals surface area contributed by atoms with Gasteiger partial charge in [0.2, 0.25) is 0 Å². The Morgan fingerprint density at radius 1 is 1.43 bits per heavy atom. The summed E-state index contributed by atoms with van der Waals surface area (Å²) in [5.74, 6) is 1.83. The van der Waals surface area contributed by atoms with Gasteiger partial charge in [-0.2, -0.15) is 0 Å². The van der Waals surface area contributed by atoms with E-state index in [1.54, 1.807) is 0 Å². The highest BCUT2D eigenvalue weighted by atomic mass is 35.5. The molecule has 0 radical (unpaired) electrons. The van der Waals surface area contributed by atoms with Crippen molar-refractivity contribution in [3.8, 4) is 5.69 Å². The lowest BCUT2D eigenvalue weighted by atomic mass is 10.1. The summed E-state index contributed by atoms with van der Waals surface area (Å²) in [7, 11) is 0. The number of hydrogen-bond acceptors (Lipinski definition) is 4. The van der Waals surface area contributed by atoms with Gasteiger partial charge >= 0.3 is 0 Å². The molecule has 1 aliphatic heterocycles. The zero-order valence-corrected chi connectivity index (χ0v) is 12.7. The first-order valence-electron chi connectivity index (χ1n) is 7.15. The molecule has 0 amide bonds. The molecule has 112 valence electrons. The third-order valence-electron chi connectivity index (χ3n) is 3.49. The maximum absolute atomic E-state index is 6.30. The number of rotatable bonds is 5. The fraction of sp³-hybridized carbons (Fsp3) is 0.467. The topological polar surface area (TPSA) is 49.2 Å². The van der Waals surface area contributed by atoms with Gasteiger partial charge in [-0.15, -0.1) is 5.10 Å². The molecule has 0 bridgehead atoms. The fourth-order valence-corrected chi connectivity index (χ4v) is 2.64. The Hall–Kier alpha value is -1.43. The van der Waals surface area contributed by atoms with Gasteiger partial charge in [0.1, 0.15) is 12.4 Å². The molecule has 1 atom stereocenters. The van der Waals surface area contributed by atoms with Crippen LogP contribution in [0.2, 0.25) is 5.02 Å². The number of hydrogen-bond donors (Lipinski definition) is 0. The molecule has 1 aliphatic rings. The van der Waals surface area contributed by atoms with Crippen LogP contribution >= 0.6 is 11.6 Å². The van der Waals surface area contributed by atoms with Crippen molar-refractivity contribution in [2.24, 2.45) is 0 Å². The van der Waals surface area contributed by atoms with Gasteiger partial charge in [-0.1, -0.05) is 23.7 Å². The summed E-state index contributed by atoms with van der Waals surface area (Å²) in [5, 5.41) is 5.22. The fourth-order valence-electron chi connectivity index (χ4n) is 2.43. The molecule has 1 fully saturated rings. The van der Waals surface area contributed by atoms with E-state index in [2.05, 4.69) is 10.1 Å². The molecule has 1 aromatic carbocycles. The van der Waals surface area contributed by atoms with E-state index in [4.69, 9.17) is 21.1 Å². The van der Waals surface area contributed by atoms with Gasteiger partial charge < -0.3 is 9.47 Å². The zero-order chi connectivity index (χ0) is 14.7. The molecule has 0 spiro atoms. The Balaban J connectivity index is 2.00. The van der Waals surface area contributed by atoms with Crippen molar-refractivity contribution >= 4 is 11.6 Å². The summed E-state index contributed by atoms with van der Waals surface area (Å²) in [4.78, 5) is 4.64. The summed E-state index contributed by atoms with van der Waals surface area (Å²) in [6, 6.07) is 7.65. The Morgan fingerprint density at radius 3 is 3.00 bits per heavy atom. The van der Waals surface area contributed by atoms with Crippen LogP contribution in [-0.2, 0) is 16.1 Å². The smallest absolute Gasteiger partial charge is 0.177 e. The number of aromatic nitrogens is 3. The summed E-state index contributed by atoms with van der Waals surface area (Å²) in [6.07, 6.45) is 0.956. The van der Waals surface area contributed by atoms with E-state index >= 15 is 0 Å². The maximum atomic E-state index is 6.30. The second-order valence-electron chi connectivity index (χ2n) is 4.95. The van der Waals surface area contributed by atoms with E-state index in [1.165, 1.54) is 0 Å². The van der Waals surface area contributed by atoms with E-state index in [-0.39, 0.29) is 5.92 Å². The van der Waals surface area contributed by atoms with Gasteiger partial charge in [-0.25, -0.2) is 9.67 Å². The van der Waals surface area contributed by atoms with Crippen LogP contribution in [0.1, 0.15) is 30.9 Å². The van der Waals surface area contributed by atoms with E-state index in [9.17, 15) is 0 Å².